The van der Waals surface area contributed by atoms with Crippen LogP contribution in [0.15, 0.2) is 28.9 Å². The van der Waals surface area contributed by atoms with E-state index in [1.165, 1.54) is 0 Å². The van der Waals surface area contributed by atoms with Gasteiger partial charge in [-0.2, -0.15) is 10.1 Å². The van der Waals surface area contributed by atoms with E-state index in [-0.39, 0.29) is 11.0 Å². The van der Waals surface area contributed by atoms with Crippen molar-refractivity contribution in [1.82, 2.24) is 25.2 Å². The van der Waals surface area contributed by atoms with Gasteiger partial charge in [0.15, 0.2) is 0 Å². The highest BCUT2D eigenvalue weighted by molar-refractivity contribution is 5.83. The minimum atomic E-state index is -0.120. The Morgan fingerprint density at radius 1 is 1.26 bits per heavy atom. The van der Waals surface area contributed by atoms with E-state index in [1.54, 1.807) is 0 Å². The molecule has 0 aliphatic carbocycles. The number of nitrogens with one attached hydrogen (secondary N) is 1. The Morgan fingerprint density at radius 2 is 2.09 bits per heavy atom. The number of hydrogen-bond donors (Lipinski definition) is 1. The molecule has 0 radical (unpaired) electrons. The molecule has 1 unspecified atom stereocenters. The predicted octanol–water partition coefficient (Wildman–Crippen LogP) is 2.65. The second-order valence-corrected chi connectivity index (χ2v) is 7.44. The number of aryl methyl sites for hydroxylation is 1. The number of fused-ring (bicyclic) bond motifs is 1. The van der Waals surface area contributed by atoms with Gasteiger partial charge in [-0.25, -0.2) is 0 Å². The minimum absolute atomic E-state index is 0.0943. The van der Waals surface area contributed by atoms with Crippen molar-refractivity contribution in [2.45, 2.75) is 38.1 Å². The number of nitrogens with zero attached hydrogens (tertiary/aromatic N) is 4. The van der Waals surface area contributed by atoms with Crippen molar-refractivity contribution >= 4 is 10.9 Å². The van der Waals surface area contributed by atoms with Crippen LogP contribution in [0.2, 0.25) is 0 Å². The van der Waals surface area contributed by atoms with Crippen molar-refractivity contribution in [2.24, 2.45) is 7.05 Å². The lowest BCUT2D eigenvalue weighted by Gasteiger charge is -2.20. The van der Waals surface area contributed by atoms with Crippen molar-refractivity contribution in [3.8, 4) is 11.4 Å². The standard InChI is InChI=1S/C17H21N5O/c1-16(2)9-17(3,10-18-16)15-20-14(21-23-15)11-5-6-12-8-19-22(4)13(12)7-11/h5-8,18H,9-10H2,1-4H3. The zero-order valence-corrected chi connectivity index (χ0v) is 13.9. The van der Waals surface area contributed by atoms with Gasteiger partial charge in [0.25, 0.3) is 0 Å². The molecule has 2 aromatic heterocycles. The molecular weight excluding hydrogens is 290 g/mol. The number of rotatable bonds is 2. The first-order chi connectivity index (χ1) is 10.9. The third-order valence-electron chi connectivity index (χ3n) is 4.74. The van der Waals surface area contributed by atoms with Gasteiger partial charge in [-0.15, -0.1) is 0 Å². The van der Waals surface area contributed by atoms with Crippen LogP contribution in [0.4, 0.5) is 0 Å². The normalized spacial score (nSPS) is 23.7. The lowest BCUT2D eigenvalue weighted by atomic mass is 9.84. The van der Waals surface area contributed by atoms with Gasteiger partial charge in [-0.1, -0.05) is 17.3 Å². The fourth-order valence-electron chi connectivity index (χ4n) is 3.56. The van der Waals surface area contributed by atoms with Crippen LogP contribution in [0, 0.1) is 0 Å². The third-order valence-corrected chi connectivity index (χ3v) is 4.74. The highest BCUT2D eigenvalue weighted by Crippen LogP contribution is 2.37. The second kappa shape index (κ2) is 4.64. The first-order valence-electron chi connectivity index (χ1n) is 7.88. The summed E-state index contributed by atoms with van der Waals surface area (Å²) < 4.78 is 7.45. The zero-order chi connectivity index (χ0) is 16.2. The Labute approximate surface area is 134 Å². The molecule has 23 heavy (non-hydrogen) atoms. The summed E-state index contributed by atoms with van der Waals surface area (Å²) in [5.41, 5.74) is 1.98. The lowest BCUT2D eigenvalue weighted by Crippen LogP contribution is -2.31. The molecule has 1 atom stereocenters. The SMILES string of the molecule is Cn1ncc2ccc(-c3noc(C4(C)CNC(C)(C)C4)n3)cc21. The molecule has 0 spiro atoms. The van der Waals surface area contributed by atoms with Crippen LogP contribution in [-0.4, -0.2) is 32.0 Å². The molecule has 1 aliphatic heterocycles. The van der Waals surface area contributed by atoms with Gasteiger partial charge in [0.05, 0.1) is 17.1 Å². The van der Waals surface area contributed by atoms with Crippen LogP contribution >= 0.6 is 0 Å². The van der Waals surface area contributed by atoms with Crippen LogP contribution in [-0.2, 0) is 12.5 Å². The monoisotopic (exact) mass is 311 g/mol. The van der Waals surface area contributed by atoms with Gasteiger partial charge in [0, 0.05) is 30.1 Å². The third kappa shape index (κ3) is 2.34. The molecule has 1 aromatic carbocycles. The molecule has 120 valence electrons. The topological polar surface area (TPSA) is 68.8 Å². The maximum absolute atomic E-state index is 5.60. The Kier molecular flexibility index (Phi) is 2.90. The quantitative estimate of drug-likeness (QED) is 0.788. The van der Waals surface area contributed by atoms with E-state index >= 15 is 0 Å². The highest BCUT2D eigenvalue weighted by atomic mass is 16.5. The van der Waals surface area contributed by atoms with Crippen molar-refractivity contribution in [3.63, 3.8) is 0 Å². The highest BCUT2D eigenvalue weighted by Gasteiger charge is 2.44. The molecule has 0 amide bonds. The number of aromatic nitrogens is 4. The summed E-state index contributed by atoms with van der Waals surface area (Å²) in [6, 6.07) is 6.10. The van der Waals surface area contributed by atoms with E-state index < -0.39 is 0 Å². The van der Waals surface area contributed by atoms with Crippen molar-refractivity contribution in [3.05, 3.63) is 30.3 Å². The molecule has 6 nitrogen and oxygen atoms in total. The van der Waals surface area contributed by atoms with Crippen LogP contribution in [0.25, 0.3) is 22.3 Å². The summed E-state index contributed by atoms with van der Waals surface area (Å²) in [5, 5.41) is 13.1. The van der Waals surface area contributed by atoms with E-state index in [0.29, 0.717) is 11.7 Å². The molecule has 1 fully saturated rings. The first-order valence-corrected chi connectivity index (χ1v) is 7.88. The Morgan fingerprint density at radius 3 is 2.83 bits per heavy atom. The molecule has 3 heterocycles. The number of benzene rings is 1. The van der Waals surface area contributed by atoms with Crippen molar-refractivity contribution < 1.29 is 4.52 Å². The maximum Gasteiger partial charge on any atom is 0.234 e. The van der Waals surface area contributed by atoms with Crippen LogP contribution in [0.5, 0.6) is 0 Å². The van der Waals surface area contributed by atoms with Gasteiger partial charge in [-0.3, -0.25) is 4.68 Å². The van der Waals surface area contributed by atoms with Crippen LogP contribution < -0.4 is 5.32 Å². The van der Waals surface area contributed by atoms with Gasteiger partial charge < -0.3 is 9.84 Å². The van der Waals surface area contributed by atoms with Gasteiger partial charge >= 0.3 is 0 Å². The Bertz CT molecular complexity index is 878. The number of hydrogen-bond acceptors (Lipinski definition) is 5. The average molecular weight is 311 g/mol. The Hall–Kier alpha value is -2.21. The Balaban J connectivity index is 1.71. The largest absolute Gasteiger partial charge is 0.338 e. The minimum Gasteiger partial charge on any atom is -0.338 e. The lowest BCUT2D eigenvalue weighted by molar-refractivity contribution is 0.297. The molecule has 1 saturated heterocycles. The van der Waals surface area contributed by atoms with Crippen molar-refractivity contribution in [1.29, 1.82) is 0 Å². The summed E-state index contributed by atoms with van der Waals surface area (Å²) in [4.78, 5) is 4.67. The summed E-state index contributed by atoms with van der Waals surface area (Å²) in [5.74, 6) is 1.34. The molecule has 1 N–H and O–H groups in total. The van der Waals surface area contributed by atoms with Crippen molar-refractivity contribution in [2.75, 3.05) is 6.54 Å². The van der Waals surface area contributed by atoms with Crippen LogP contribution in [0.1, 0.15) is 33.1 Å². The molecule has 0 saturated carbocycles. The molecule has 1 aliphatic rings. The fraction of sp³-hybridized carbons (Fsp3) is 0.471. The first kappa shape index (κ1) is 14.4. The summed E-state index contributed by atoms with van der Waals surface area (Å²) >= 11 is 0. The molecular formula is C17H21N5O. The van der Waals surface area contributed by atoms with Gasteiger partial charge in [0.1, 0.15) is 0 Å². The van der Waals surface area contributed by atoms with E-state index in [2.05, 4.69) is 47.4 Å². The summed E-state index contributed by atoms with van der Waals surface area (Å²) in [7, 11) is 1.93. The maximum atomic E-state index is 5.60. The van der Waals surface area contributed by atoms with E-state index in [4.69, 9.17) is 4.52 Å². The van der Waals surface area contributed by atoms with E-state index in [0.717, 1.165) is 29.4 Å². The van der Waals surface area contributed by atoms with Crippen LogP contribution in [0.3, 0.4) is 0 Å². The second-order valence-electron chi connectivity index (χ2n) is 7.44. The smallest absolute Gasteiger partial charge is 0.234 e. The summed E-state index contributed by atoms with van der Waals surface area (Å²) in [6.45, 7) is 7.43. The molecule has 3 aromatic rings. The molecule has 0 bridgehead atoms. The fourth-order valence-corrected chi connectivity index (χ4v) is 3.56. The van der Waals surface area contributed by atoms with Gasteiger partial charge in [-0.05, 0) is 33.3 Å². The molecule has 6 heteroatoms. The summed E-state index contributed by atoms with van der Waals surface area (Å²) in [6.07, 6.45) is 2.83. The zero-order valence-electron chi connectivity index (χ0n) is 13.9. The molecule has 4 rings (SSSR count). The van der Waals surface area contributed by atoms with E-state index in [9.17, 15) is 0 Å². The van der Waals surface area contributed by atoms with Gasteiger partial charge in [0.2, 0.25) is 11.7 Å². The predicted molar refractivity (Wildman–Crippen MR) is 88.1 cm³/mol. The van der Waals surface area contributed by atoms with E-state index in [1.807, 2.05) is 30.1 Å². The average Bonchev–Trinajstić information content (AvgIpc) is 3.18.